The molecular formula is C10H11N3O3S. The Kier molecular flexibility index (Phi) is 3.01. The molecule has 0 atom stereocenters. The van der Waals surface area contributed by atoms with Gasteiger partial charge in [0.05, 0.1) is 5.75 Å². The second-order valence-electron chi connectivity index (χ2n) is 3.49. The molecule has 0 saturated heterocycles. The average molecular weight is 253 g/mol. The summed E-state index contributed by atoms with van der Waals surface area (Å²) in [7, 11) is -3.48. The summed E-state index contributed by atoms with van der Waals surface area (Å²) < 4.78 is 30.3. The van der Waals surface area contributed by atoms with Crippen LogP contribution in [0.2, 0.25) is 0 Å². The number of hydrogen-bond acceptors (Lipinski definition) is 5. The molecule has 2 aromatic rings. The lowest BCUT2D eigenvalue weighted by molar-refractivity contribution is 0.423. The molecule has 6 nitrogen and oxygen atoms in total. The van der Waals surface area contributed by atoms with Gasteiger partial charge in [0.1, 0.15) is 6.26 Å². The summed E-state index contributed by atoms with van der Waals surface area (Å²) in [6, 6.07) is 8.07. The fraction of sp³-hybridized carbons (Fsp3) is 0.100. The van der Waals surface area contributed by atoms with Gasteiger partial charge in [0.25, 0.3) is 0 Å². The number of sulfonamides is 1. The van der Waals surface area contributed by atoms with Crippen molar-refractivity contribution in [3.63, 3.8) is 0 Å². The highest BCUT2D eigenvalue weighted by Crippen LogP contribution is 2.12. The van der Waals surface area contributed by atoms with E-state index in [1.54, 1.807) is 24.3 Å². The van der Waals surface area contributed by atoms with E-state index < -0.39 is 10.0 Å². The number of nitrogens with zero attached hydrogens (tertiary/aromatic N) is 1. The average Bonchev–Trinajstić information content (AvgIpc) is 2.73. The highest BCUT2D eigenvalue weighted by atomic mass is 32.2. The van der Waals surface area contributed by atoms with Crippen molar-refractivity contribution in [3.05, 3.63) is 42.2 Å². The van der Waals surface area contributed by atoms with E-state index in [4.69, 9.17) is 5.73 Å². The number of nitrogens with one attached hydrogen (secondary N) is 1. The normalized spacial score (nSPS) is 11.3. The fourth-order valence-electron chi connectivity index (χ4n) is 1.29. The molecule has 0 aliphatic rings. The van der Waals surface area contributed by atoms with Gasteiger partial charge >= 0.3 is 0 Å². The van der Waals surface area contributed by atoms with Crippen LogP contribution in [0.25, 0.3) is 0 Å². The van der Waals surface area contributed by atoms with Crippen LogP contribution >= 0.6 is 0 Å². The van der Waals surface area contributed by atoms with Gasteiger partial charge in [0.15, 0.2) is 5.82 Å². The molecule has 0 aliphatic carbocycles. The highest BCUT2D eigenvalue weighted by Gasteiger charge is 2.12. The first kappa shape index (κ1) is 11.5. The number of hydrogen-bond donors (Lipinski definition) is 2. The van der Waals surface area contributed by atoms with Crippen molar-refractivity contribution in [2.45, 2.75) is 5.75 Å². The maximum absolute atomic E-state index is 11.7. The van der Waals surface area contributed by atoms with Crippen molar-refractivity contribution in [2.24, 2.45) is 0 Å². The summed E-state index contributed by atoms with van der Waals surface area (Å²) in [5.41, 5.74) is 6.75. The Morgan fingerprint density at radius 2 is 1.94 bits per heavy atom. The second kappa shape index (κ2) is 4.46. The zero-order valence-electron chi connectivity index (χ0n) is 8.83. The summed E-state index contributed by atoms with van der Waals surface area (Å²) in [6.07, 6.45) is 1.29. The number of rotatable bonds is 4. The van der Waals surface area contributed by atoms with E-state index in [0.717, 1.165) is 0 Å². The van der Waals surface area contributed by atoms with E-state index >= 15 is 0 Å². The van der Waals surface area contributed by atoms with Crippen molar-refractivity contribution in [2.75, 3.05) is 10.5 Å². The number of anilines is 2. The van der Waals surface area contributed by atoms with Gasteiger partial charge in [0.2, 0.25) is 10.0 Å². The van der Waals surface area contributed by atoms with Crippen LogP contribution in [-0.4, -0.2) is 13.6 Å². The first-order valence-electron chi connectivity index (χ1n) is 4.80. The Hall–Kier alpha value is -2.02. The minimum absolute atomic E-state index is 0.139. The summed E-state index contributed by atoms with van der Waals surface area (Å²) in [4.78, 5) is 0. The van der Waals surface area contributed by atoms with Gasteiger partial charge in [-0.25, -0.2) is 8.42 Å². The van der Waals surface area contributed by atoms with Gasteiger partial charge in [-0.15, -0.1) is 0 Å². The standard InChI is InChI=1S/C10H11N3O3S/c11-9-3-1-8(2-4-9)7-17(14,15)13-10-5-6-16-12-10/h1-6H,7,11H2,(H,12,13). The predicted octanol–water partition coefficient (Wildman–Crippen LogP) is 1.20. The van der Waals surface area contributed by atoms with Gasteiger partial charge in [-0.3, -0.25) is 4.72 Å². The minimum atomic E-state index is -3.48. The molecule has 0 bridgehead atoms. The maximum Gasteiger partial charge on any atom is 0.238 e. The van der Waals surface area contributed by atoms with Crippen LogP contribution in [-0.2, 0) is 15.8 Å². The lowest BCUT2D eigenvalue weighted by Gasteiger charge is -2.05. The van der Waals surface area contributed by atoms with Crippen molar-refractivity contribution < 1.29 is 12.9 Å². The zero-order valence-corrected chi connectivity index (χ0v) is 9.65. The first-order chi connectivity index (χ1) is 8.05. The molecule has 0 saturated carbocycles. The Labute approximate surface area is 98.5 Å². The third kappa shape index (κ3) is 3.22. The number of nitrogen functional groups attached to an aromatic ring is 1. The van der Waals surface area contributed by atoms with Crippen LogP contribution in [0.5, 0.6) is 0 Å². The van der Waals surface area contributed by atoms with Gasteiger partial charge in [-0.1, -0.05) is 17.3 Å². The molecule has 7 heteroatoms. The van der Waals surface area contributed by atoms with Crippen molar-refractivity contribution >= 4 is 21.5 Å². The quantitative estimate of drug-likeness (QED) is 0.798. The molecular weight excluding hydrogens is 242 g/mol. The Morgan fingerprint density at radius 1 is 1.24 bits per heavy atom. The van der Waals surface area contributed by atoms with Gasteiger partial charge in [-0.2, -0.15) is 0 Å². The van der Waals surface area contributed by atoms with E-state index in [2.05, 4.69) is 14.4 Å². The van der Waals surface area contributed by atoms with E-state index in [-0.39, 0.29) is 11.6 Å². The largest absolute Gasteiger partial charge is 0.399 e. The number of nitrogens with two attached hydrogens (primary N) is 1. The monoisotopic (exact) mass is 253 g/mol. The van der Waals surface area contributed by atoms with Crippen LogP contribution in [0, 0.1) is 0 Å². The number of aromatic nitrogens is 1. The smallest absolute Gasteiger partial charge is 0.238 e. The molecule has 0 amide bonds. The highest BCUT2D eigenvalue weighted by molar-refractivity contribution is 7.91. The van der Waals surface area contributed by atoms with Gasteiger partial charge in [-0.05, 0) is 17.7 Å². The predicted molar refractivity (Wildman–Crippen MR) is 63.6 cm³/mol. The zero-order chi connectivity index (χ0) is 12.3. The Bertz CT molecular complexity index is 576. The van der Waals surface area contributed by atoms with E-state index in [0.29, 0.717) is 11.3 Å². The molecule has 0 fully saturated rings. The van der Waals surface area contributed by atoms with Gasteiger partial charge < -0.3 is 10.3 Å². The van der Waals surface area contributed by atoms with E-state index in [9.17, 15) is 8.42 Å². The van der Waals surface area contributed by atoms with Crippen LogP contribution in [0.15, 0.2) is 41.1 Å². The Morgan fingerprint density at radius 3 is 2.53 bits per heavy atom. The molecule has 0 spiro atoms. The molecule has 1 aromatic carbocycles. The van der Waals surface area contributed by atoms with Crippen LogP contribution in [0.3, 0.4) is 0 Å². The third-order valence-corrected chi connectivity index (χ3v) is 3.27. The SMILES string of the molecule is Nc1ccc(CS(=O)(=O)Nc2ccon2)cc1. The van der Waals surface area contributed by atoms with Crippen molar-refractivity contribution in [1.29, 1.82) is 0 Å². The van der Waals surface area contributed by atoms with E-state index in [1.807, 2.05) is 0 Å². The molecule has 17 heavy (non-hydrogen) atoms. The summed E-state index contributed by atoms with van der Waals surface area (Å²) in [5, 5.41) is 3.47. The summed E-state index contributed by atoms with van der Waals surface area (Å²) in [6.45, 7) is 0. The lowest BCUT2D eigenvalue weighted by Crippen LogP contribution is -2.15. The lowest BCUT2D eigenvalue weighted by atomic mass is 10.2. The molecule has 0 aliphatic heterocycles. The third-order valence-electron chi connectivity index (χ3n) is 2.03. The van der Waals surface area contributed by atoms with E-state index in [1.165, 1.54) is 12.3 Å². The summed E-state index contributed by atoms with van der Waals surface area (Å²) in [5.74, 6) is 0.0283. The second-order valence-corrected chi connectivity index (χ2v) is 5.21. The van der Waals surface area contributed by atoms with Crippen LogP contribution in [0.1, 0.15) is 5.56 Å². The van der Waals surface area contributed by atoms with Crippen molar-refractivity contribution in [1.82, 2.24) is 5.16 Å². The van der Waals surface area contributed by atoms with Gasteiger partial charge in [0, 0.05) is 11.8 Å². The maximum atomic E-state index is 11.7. The fourth-order valence-corrected chi connectivity index (χ4v) is 2.42. The molecule has 2 rings (SSSR count). The molecule has 1 heterocycles. The molecule has 90 valence electrons. The van der Waals surface area contributed by atoms with Crippen LogP contribution < -0.4 is 10.5 Å². The Balaban J connectivity index is 2.09. The molecule has 3 N–H and O–H groups in total. The van der Waals surface area contributed by atoms with Crippen LogP contribution in [0.4, 0.5) is 11.5 Å². The molecule has 1 aromatic heterocycles. The van der Waals surface area contributed by atoms with Crippen molar-refractivity contribution in [3.8, 4) is 0 Å². The minimum Gasteiger partial charge on any atom is -0.399 e. The first-order valence-corrected chi connectivity index (χ1v) is 6.46. The molecule has 0 unspecified atom stereocenters. The summed E-state index contributed by atoms with van der Waals surface area (Å²) >= 11 is 0. The topological polar surface area (TPSA) is 98.2 Å². The molecule has 0 radical (unpaired) electrons. The number of benzene rings is 1.